The van der Waals surface area contributed by atoms with Crippen molar-refractivity contribution in [1.82, 2.24) is 9.97 Å². The number of ether oxygens (including phenoxy) is 1. The Morgan fingerprint density at radius 1 is 1.44 bits per heavy atom. The monoisotopic (exact) mass is 281 g/mol. The van der Waals surface area contributed by atoms with E-state index in [2.05, 4.69) is 25.9 Å². The molecule has 5 heteroatoms. The molecule has 2 rings (SSSR count). The quantitative estimate of drug-likeness (QED) is 0.907. The van der Waals surface area contributed by atoms with Crippen LogP contribution in [0.2, 0.25) is 0 Å². The van der Waals surface area contributed by atoms with Crippen molar-refractivity contribution in [2.75, 3.05) is 7.11 Å². The van der Waals surface area contributed by atoms with E-state index in [4.69, 9.17) is 10.5 Å². The van der Waals surface area contributed by atoms with Crippen LogP contribution in [-0.2, 0) is 0 Å². The second-order valence-electron chi connectivity index (χ2n) is 3.34. The molecule has 2 aromatic rings. The lowest BCUT2D eigenvalue weighted by atomic mass is 10.1. The number of rotatable bonds is 3. The zero-order chi connectivity index (χ0) is 11.5. The van der Waals surface area contributed by atoms with Gasteiger partial charge in [-0.15, -0.1) is 0 Å². The Morgan fingerprint density at radius 3 is 2.81 bits per heavy atom. The Morgan fingerprint density at radius 2 is 2.19 bits per heavy atom. The fourth-order valence-electron chi connectivity index (χ4n) is 1.54. The Hall–Kier alpha value is -1.33. The number of halogens is 1. The molecule has 1 unspecified atom stereocenters. The second kappa shape index (κ2) is 4.67. The third-order valence-electron chi connectivity index (χ3n) is 2.33. The van der Waals surface area contributed by atoms with Crippen LogP contribution in [0.5, 0.6) is 5.75 Å². The van der Waals surface area contributed by atoms with Crippen LogP contribution in [0.25, 0.3) is 0 Å². The summed E-state index contributed by atoms with van der Waals surface area (Å²) in [4.78, 5) is 7.24. The van der Waals surface area contributed by atoms with E-state index in [9.17, 15) is 0 Å². The summed E-state index contributed by atoms with van der Waals surface area (Å²) in [5.74, 6) is 1.47. The van der Waals surface area contributed by atoms with E-state index >= 15 is 0 Å². The van der Waals surface area contributed by atoms with E-state index < -0.39 is 0 Å². The van der Waals surface area contributed by atoms with Gasteiger partial charge in [0.05, 0.1) is 19.3 Å². The fraction of sp³-hybridized carbons (Fsp3) is 0.182. The van der Waals surface area contributed by atoms with Crippen molar-refractivity contribution in [3.05, 3.63) is 46.5 Å². The maximum absolute atomic E-state index is 6.11. The lowest BCUT2D eigenvalue weighted by Crippen LogP contribution is -2.14. The summed E-state index contributed by atoms with van der Waals surface area (Å²) in [7, 11) is 1.63. The molecule has 0 aliphatic heterocycles. The van der Waals surface area contributed by atoms with E-state index in [0.29, 0.717) is 5.82 Å². The van der Waals surface area contributed by atoms with Crippen LogP contribution in [0.15, 0.2) is 35.1 Å². The van der Waals surface area contributed by atoms with Crippen molar-refractivity contribution >= 4 is 15.9 Å². The fourth-order valence-corrected chi connectivity index (χ4v) is 1.85. The normalized spacial score (nSPS) is 12.4. The Labute approximate surface area is 102 Å². The van der Waals surface area contributed by atoms with Gasteiger partial charge in [-0.1, -0.05) is 18.2 Å². The molecule has 0 saturated carbocycles. The molecular weight excluding hydrogens is 270 g/mol. The van der Waals surface area contributed by atoms with Crippen LogP contribution in [0, 0.1) is 0 Å². The van der Waals surface area contributed by atoms with Gasteiger partial charge in [0.1, 0.15) is 16.2 Å². The van der Waals surface area contributed by atoms with E-state index in [0.717, 1.165) is 15.9 Å². The number of aromatic nitrogens is 2. The molecule has 0 bridgehead atoms. The van der Waals surface area contributed by atoms with Gasteiger partial charge in [-0.25, -0.2) is 4.98 Å². The van der Waals surface area contributed by atoms with Gasteiger partial charge in [-0.2, -0.15) is 0 Å². The molecule has 16 heavy (non-hydrogen) atoms. The van der Waals surface area contributed by atoms with Gasteiger partial charge in [0.2, 0.25) is 0 Å². The first kappa shape index (κ1) is 11.2. The van der Waals surface area contributed by atoms with Crippen LogP contribution in [0.3, 0.4) is 0 Å². The minimum absolute atomic E-state index is 0.317. The zero-order valence-corrected chi connectivity index (χ0v) is 10.4. The number of benzene rings is 1. The number of hydrogen-bond donors (Lipinski definition) is 2. The van der Waals surface area contributed by atoms with Crippen molar-refractivity contribution in [2.24, 2.45) is 5.73 Å². The van der Waals surface area contributed by atoms with Crippen LogP contribution in [0.1, 0.15) is 17.4 Å². The first-order valence-electron chi connectivity index (χ1n) is 4.81. The number of H-pyrrole nitrogens is 1. The van der Waals surface area contributed by atoms with Crippen LogP contribution < -0.4 is 10.5 Å². The summed E-state index contributed by atoms with van der Waals surface area (Å²) >= 11 is 3.30. The summed E-state index contributed by atoms with van der Waals surface area (Å²) < 4.78 is 6.07. The molecule has 1 aromatic heterocycles. The van der Waals surface area contributed by atoms with Gasteiger partial charge >= 0.3 is 0 Å². The highest BCUT2D eigenvalue weighted by Crippen LogP contribution is 2.26. The molecule has 0 saturated heterocycles. The predicted octanol–water partition coefficient (Wildman–Crippen LogP) is 2.23. The van der Waals surface area contributed by atoms with Gasteiger partial charge in [0.25, 0.3) is 0 Å². The number of aromatic amines is 1. The maximum atomic E-state index is 6.11. The molecule has 0 amide bonds. The SMILES string of the molecule is COc1ccccc1C(N)c1ncc(Br)[nH]1. The molecule has 0 fully saturated rings. The van der Waals surface area contributed by atoms with Crippen LogP contribution in [-0.4, -0.2) is 17.1 Å². The summed E-state index contributed by atoms with van der Waals surface area (Å²) in [5, 5.41) is 0. The lowest BCUT2D eigenvalue weighted by Gasteiger charge is -2.13. The third-order valence-corrected chi connectivity index (χ3v) is 2.74. The number of nitrogens with two attached hydrogens (primary N) is 1. The van der Waals surface area contributed by atoms with E-state index in [-0.39, 0.29) is 6.04 Å². The number of methoxy groups -OCH3 is 1. The average Bonchev–Trinajstić information content (AvgIpc) is 2.75. The summed E-state index contributed by atoms with van der Waals surface area (Å²) in [6.07, 6.45) is 1.69. The van der Waals surface area contributed by atoms with Crippen LogP contribution >= 0.6 is 15.9 Å². The van der Waals surface area contributed by atoms with Crippen LogP contribution in [0.4, 0.5) is 0 Å². The van der Waals surface area contributed by atoms with Gasteiger partial charge in [-0.3, -0.25) is 0 Å². The number of nitrogens with zero attached hydrogens (tertiary/aromatic N) is 1. The summed E-state index contributed by atoms with van der Waals surface area (Å²) in [6, 6.07) is 7.33. The Kier molecular flexibility index (Phi) is 3.26. The molecule has 0 aliphatic rings. The minimum Gasteiger partial charge on any atom is -0.496 e. The van der Waals surface area contributed by atoms with E-state index in [1.54, 1.807) is 13.3 Å². The lowest BCUT2D eigenvalue weighted by molar-refractivity contribution is 0.407. The van der Waals surface area contributed by atoms with Gasteiger partial charge in [0.15, 0.2) is 0 Å². The Bertz CT molecular complexity index is 484. The molecule has 0 aliphatic carbocycles. The molecule has 1 atom stereocenters. The molecule has 4 nitrogen and oxygen atoms in total. The maximum Gasteiger partial charge on any atom is 0.128 e. The molecule has 1 heterocycles. The van der Waals surface area contributed by atoms with Crippen molar-refractivity contribution in [1.29, 1.82) is 0 Å². The van der Waals surface area contributed by atoms with Crippen molar-refractivity contribution in [3.8, 4) is 5.75 Å². The Balaban J connectivity index is 2.36. The third kappa shape index (κ3) is 2.10. The molecule has 84 valence electrons. The number of imidazole rings is 1. The van der Waals surface area contributed by atoms with Crippen molar-refractivity contribution in [3.63, 3.8) is 0 Å². The molecular formula is C11H12BrN3O. The number of nitrogens with one attached hydrogen (secondary N) is 1. The average molecular weight is 282 g/mol. The van der Waals surface area contributed by atoms with Gasteiger partial charge in [-0.05, 0) is 22.0 Å². The molecule has 0 spiro atoms. The van der Waals surface area contributed by atoms with Crippen molar-refractivity contribution < 1.29 is 4.74 Å². The molecule has 0 radical (unpaired) electrons. The largest absolute Gasteiger partial charge is 0.496 e. The summed E-state index contributed by atoms with van der Waals surface area (Å²) in [6.45, 7) is 0. The highest BCUT2D eigenvalue weighted by molar-refractivity contribution is 9.10. The number of hydrogen-bond acceptors (Lipinski definition) is 3. The highest BCUT2D eigenvalue weighted by Gasteiger charge is 2.15. The molecule has 3 N–H and O–H groups in total. The van der Waals surface area contributed by atoms with E-state index in [1.807, 2.05) is 24.3 Å². The first-order valence-corrected chi connectivity index (χ1v) is 5.60. The minimum atomic E-state index is -0.317. The smallest absolute Gasteiger partial charge is 0.128 e. The standard InChI is InChI=1S/C11H12BrN3O/c1-16-8-5-3-2-4-7(8)10(13)11-14-6-9(12)15-11/h2-6,10H,13H2,1H3,(H,14,15). The zero-order valence-electron chi connectivity index (χ0n) is 8.77. The first-order chi connectivity index (χ1) is 7.72. The summed E-state index contributed by atoms with van der Waals surface area (Å²) in [5.41, 5.74) is 7.02. The highest BCUT2D eigenvalue weighted by atomic mass is 79.9. The van der Waals surface area contributed by atoms with Crippen molar-refractivity contribution in [2.45, 2.75) is 6.04 Å². The van der Waals surface area contributed by atoms with Gasteiger partial charge in [0, 0.05) is 5.56 Å². The molecule has 1 aromatic carbocycles. The number of para-hydroxylation sites is 1. The second-order valence-corrected chi connectivity index (χ2v) is 4.19. The van der Waals surface area contributed by atoms with E-state index in [1.165, 1.54) is 0 Å². The van der Waals surface area contributed by atoms with Gasteiger partial charge < -0.3 is 15.5 Å². The topological polar surface area (TPSA) is 63.9 Å². The predicted molar refractivity (Wildman–Crippen MR) is 65.3 cm³/mol.